The van der Waals surface area contributed by atoms with Crippen molar-refractivity contribution < 1.29 is 5.11 Å². The van der Waals surface area contributed by atoms with Gasteiger partial charge in [-0.15, -0.1) is 0 Å². The molecule has 0 bridgehead atoms. The second-order valence-electron chi connectivity index (χ2n) is 6.29. The summed E-state index contributed by atoms with van der Waals surface area (Å²) < 4.78 is 0. The molecule has 3 nitrogen and oxygen atoms in total. The summed E-state index contributed by atoms with van der Waals surface area (Å²) in [5, 5.41) is 12.0. The van der Waals surface area contributed by atoms with Crippen molar-refractivity contribution in [3.05, 3.63) is 35.5 Å². The number of aromatic amines is 1. The maximum Gasteiger partial charge on any atom is 0.0661 e. The van der Waals surface area contributed by atoms with Gasteiger partial charge in [-0.2, -0.15) is 0 Å². The van der Waals surface area contributed by atoms with Crippen LogP contribution in [0.1, 0.15) is 24.0 Å². The van der Waals surface area contributed by atoms with E-state index < -0.39 is 0 Å². The highest BCUT2D eigenvalue weighted by molar-refractivity contribution is 5.88. The number of nitrogens with one attached hydrogen (secondary N) is 1. The normalized spacial score (nSPS) is 34.5. The van der Waals surface area contributed by atoms with Crippen LogP contribution in [0.3, 0.4) is 0 Å². The topological polar surface area (TPSA) is 39.3 Å². The maximum atomic E-state index is 10.7. The van der Waals surface area contributed by atoms with Crippen LogP contribution in [-0.2, 0) is 6.42 Å². The molecule has 1 aromatic carbocycles. The van der Waals surface area contributed by atoms with Gasteiger partial charge in [-0.3, -0.25) is 0 Å². The molecule has 3 heteroatoms. The number of hydrogen-bond acceptors (Lipinski definition) is 2. The first-order valence-electron chi connectivity index (χ1n) is 7.14. The Labute approximate surface area is 113 Å². The highest BCUT2D eigenvalue weighted by Gasteiger charge is 2.43. The largest absolute Gasteiger partial charge is 0.392 e. The van der Waals surface area contributed by atoms with E-state index in [0.717, 1.165) is 13.0 Å². The molecule has 1 aliphatic heterocycles. The summed E-state index contributed by atoms with van der Waals surface area (Å²) in [4.78, 5) is 5.80. The van der Waals surface area contributed by atoms with Crippen molar-refractivity contribution in [2.45, 2.75) is 31.4 Å². The minimum absolute atomic E-state index is 0.227. The molecule has 100 valence electrons. The lowest BCUT2D eigenvalue weighted by Gasteiger charge is -2.47. The van der Waals surface area contributed by atoms with Crippen LogP contribution in [0.5, 0.6) is 0 Å². The molecule has 0 unspecified atom stereocenters. The fraction of sp³-hybridized carbons (Fsp3) is 0.500. The van der Waals surface area contributed by atoms with Gasteiger partial charge in [0, 0.05) is 35.6 Å². The minimum atomic E-state index is -0.227. The molecular formula is C16H20N2O. The second kappa shape index (κ2) is 3.84. The van der Waals surface area contributed by atoms with Gasteiger partial charge >= 0.3 is 0 Å². The SMILES string of the molecule is C[C@H]1CN(C)[C@@H]2Cc3c[nH]c4cccc(c34)[C@H]2[C@@H]1O. The first kappa shape index (κ1) is 11.5. The van der Waals surface area contributed by atoms with E-state index in [1.807, 2.05) is 0 Å². The molecule has 4 atom stereocenters. The van der Waals surface area contributed by atoms with Crippen LogP contribution < -0.4 is 0 Å². The zero-order valence-electron chi connectivity index (χ0n) is 11.4. The van der Waals surface area contributed by atoms with Crippen LogP contribution in [0.4, 0.5) is 0 Å². The third-order valence-corrected chi connectivity index (χ3v) is 5.12. The van der Waals surface area contributed by atoms with Crippen LogP contribution in [0.25, 0.3) is 10.9 Å². The Hall–Kier alpha value is -1.32. The summed E-state index contributed by atoms with van der Waals surface area (Å²) in [5.41, 5.74) is 3.94. The first-order valence-corrected chi connectivity index (χ1v) is 7.14. The van der Waals surface area contributed by atoms with Gasteiger partial charge < -0.3 is 15.0 Å². The second-order valence-corrected chi connectivity index (χ2v) is 6.29. The molecule has 0 amide bonds. The molecule has 0 saturated carbocycles. The Kier molecular flexibility index (Phi) is 2.32. The van der Waals surface area contributed by atoms with Gasteiger partial charge in [0.1, 0.15) is 0 Å². The monoisotopic (exact) mass is 256 g/mol. The zero-order valence-corrected chi connectivity index (χ0v) is 11.4. The third kappa shape index (κ3) is 1.46. The van der Waals surface area contributed by atoms with Gasteiger partial charge in [0.2, 0.25) is 0 Å². The number of rotatable bonds is 0. The average Bonchev–Trinajstić information content (AvgIpc) is 2.81. The number of nitrogens with zero attached hydrogens (tertiary/aromatic N) is 1. The van der Waals surface area contributed by atoms with Crippen LogP contribution in [0.2, 0.25) is 0 Å². The smallest absolute Gasteiger partial charge is 0.0661 e. The van der Waals surface area contributed by atoms with Crippen molar-refractivity contribution in [1.29, 1.82) is 0 Å². The van der Waals surface area contributed by atoms with Gasteiger partial charge in [0.15, 0.2) is 0 Å². The molecule has 2 aliphatic rings. The number of likely N-dealkylation sites (N-methyl/N-ethyl adjacent to an activating group) is 1. The van der Waals surface area contributed by atoms with Crippen LogP contribution in [-0.4, -0.2) is 40.7 Å². The standard InChI is InChI=1S/C16H20N2O/c1-9-8-18(2)13-6-10-7-17-12-5-3-4-11(14(10)12)15(13)16(9)19/h3-5,7,9,13,15-17,19H,6,8H2,1-2H3/t9-,13+,15+,16+/m0/s1. The molecule has 0 spiro atoms. The Morgan fingerprint density at radius 1 is 1.37 bits per heavy atom. The van der Waals surface area contributed by atoms with E-state index in [9.17, 15) is 5.11 Å². The maximum absolute atomic E-state index is 10.7. The highest BCUT2D eigenvalue weighted by Crippen LogP contribution is 2.44. The summed E-state index contributed by atoms with van der Waals surface area (Å²) in [6, 6.07) is 6.86. The van der Waals surface area contributed by atoms with E-state index in [1.165, 1.54) is 22.0 Å². The van der Waals surface area contributed by atoms with Crippen LogP contribution in [0.15, 0.2) is 24.4 Å². The van der Waals surface area contributed by atoms with Gasteiger partial charge in [0.25, 0.3) is 0 Å². The van der Waals surface area contributed by atoms with E-state index >= 15 is 0 Å². The quantitative estimate of drug-likeness (QED) is 0.758. The summed E-state index contributed by atoms with van der Waals surface area (Å²) in [6.07, 6.45) is 2.96. The van der Waals surface area contributed by atoms with Gasteiger partial charge in [-0.1, -0.05) is 19.1 Å². The lowest BCUT2D eigenvalue weighted by molar-refractivity contribution is -0.0112. The predicted octanol–water partition coefficient (Wildman–Crippen LogP) is 2.12. The Morgan fingerprint density at radius 3 is 3.05 bits per heavy atom. The van der Waals surface area contributed by atoms with Crippen molar-refractivity contribution in [3.63, 3.8) is 0 Å². The molecule has 1 saturated heterocycles. The van der Waals surface area contributed by atoms with Crippen molar-refractivity contribution in [2.24, 2.45) is 5.92 Å². The molecule has 2 N–H and O–H groups in total. The van der Waals surface area contributed by atoms with E-state index in [-0.39, 0.29) is 12.0 Å². The number of H-pyrrole nitrogens is 1. The van der Waals surface area contributed by atoms with Gasteiger partial charge in [0.05, 0.1) is 6.10 Å². The number of likely N-dealkylation sites (tertiary alicyclic amines) is 1. The molecule has 1 fully saturated rings. The zero-order chi connectivity index (χ0) is 13.1. The molecule has 4 rings (SSSR count). The lowest BCUT2D eigenvalue weighted by atomic mass is 9.71. The highest BCUT2D eigenvalue weighted by atomic mass is 16.3. The molecule has 1 aromatic heterocycles. The van der Waals surface area contributed by atoms with Gasteiger partial charge in [-0.25, -0.2) is 0 Å². The molecule has 2 aromatic rings. The van der Waals surface area contributed by atoms with Gasteiger partial charge in [-0.05, 0) is 36.6 Å². The predicted molar refractivity (Wildman–Crippen MR) is 76.3 cm³/mol. The van der Waals surface area contributed by atoms with Crippen LogP contribution >= 0.6 is 0 Å². The lowest BCUT2D eigenvalue weighted by Crippen LogP contribution is -2.54. The Balaban J connectivity index is 1.94. The Bertz CT molecular complexity index is 633. The number of piperidine rings is 1. The Morgan fingerprint density at radius 2 is 2.21 bits per heavy atom. The van der Waals surface area contributed by atoms with E-state index in [0.29, 0.717) is 12.0 Å². The number of hydrogen-bond donors (Lipinski definition) is 2. The number of aliphatic hydroxyl groups is 1. The number of aliphatic hydroxyl groups excluding tert-OH is 1. The van der Waals surface area contributed by atoms with Crippen molar-refractivity contribution in [1.82, 2.24) is 9.88 Å². The molecule has 1 aliphatic carbocycles. The van der Waals surface area contributed by atoms with E-state index in [2.05, 4.69) is 48.3 Å². The minimum Gasteiger partial charge on any atom is -0.392 e. The van der Waals surface area contributed by atoms with E-state index in [4.69, 9.17) is 0 Å². The van der Waals surface area contributed by atoms with Crippen molar-refractivity contribution in [3.8, 4) is 0 Å². The van der Waals surface area contributed by atoms with E-state index in [1.54, 1.807) is 0 Å². The summed E-state index contributed by atoms with van der Waals surface area (Å²) in [6.45, 7) is 3.14. The fourth-order valence-corrected chi connectivity index (χ4v) is 4.18. The molecule has 19 heavy (non-hydrogen) atoms. The third-order valence-electron chi connectivity index (χ3n) is 5.12. The average molecular weight is 256 g/mol. The fourth-order valence-electron chi connectivity index (χ4n) is 4.18. The summed E-state index contributed by atoms with van der Waals surface area (Å²) in [7, 11) is 2.19. The molecular weight excluding hydrogens is 236 g/mol. The first-order chi connectivity index (χ1) is 9.16. The van der Waals surface area contributed by atoms with Crippen molar-refractivity contribution in [2.75, 3.05) is 13.6 Å². The summed E-state index contributed by atoms with van der Waals surface area (Å²) in [5.74, 6) is 0.586. The van der Waals surface area contributed by atoms with Crippen molar-refractivity contribution >= 4 is 10.9 Å². The molecule has 0 radical (unpaired) electrons. The molecule has 2 heterocycles. The van der Waals surface area contributed by atoms with Crippen LogP contribution in [0, 0.1) is 5.92 Å². The number of benzene rings is 1. The number of fused-ring (bicyclic) bond motifs is 2. The summed E-state index contributed by atoms with van der Waals surface area (Å²) >= 11 is 0. The number of aromatic nitrogens is 1.